The Morgan fingerprint density at radius 1 is 1.20 bits per heavy atom. The Labute approximate surface area is 89.6 Å². The van der Waals surface area contributed by atoms with Gasteiger partial charge in [0, 0.05) is 24.3 Å². The van der Waals surface area contributed by atoms with Crippen LogP contribution in [0.3, 0.4) is 0 Å². The number of aryl methyl sites for hydroxylation is 2. The van der Waals surface area contributed by atoms with Crippen LogP contribution in [0.25, 0.3) is 0 Å². The van der Waals surface area contributed by atoms with Crippen molar-refractivity contribution in [3.8, 4) is 0 Å². The monoisotopic (exact) mass is 207 g/mol. The Morgan fingerprint density at radius 2 is 2.00 bits per heavy atom. The summed E-state index contributed by atoms with van der Waals surface area (Å²) < 4.78 is 0. The molecule has 0 fully saturated rings. The number of aliphatic hydroxyl groups is 1. The molecule has 0 unspecified atom stereocenters. The molecule has 82 valence electrons. The van der Waals surface area contributed by atoms with Gasteiger partial charge in [0.1, 0.15) is 11.6 Å². The second-order valence-corrected chi connectivity index (χ2v) is 3.98. The molecule has 1 aromatic heterocycles. The average Bonchev–Trinajstić information content (AvgIpc) is 2.26. The zero-order valence-corrected chi connectivity index (χ0v) is 8.87. The highest BCUT2D eigenvalue weighted by atomic mass is 16.2. The minimum absolute atomic E-state index is 0.181. The molecule has 0 spiro atoms. The van der Waals surface area contributed by atoms with Gasteiger partial charge in [0.2, 0.25) is 0 Å². The molecular weight excluding hydrogens is 190 g/mol. The second-order valence-electron chi connectivity index (χ2n) is 3.98. The van der Waals surface area contributed by atoms with Crippen molar-refractivity contribution < 1.29 is 5.11 Å². The molecular formula is C11H17N3O. The maximum atomic E-state index is 8.75. The van der Waals surface area contributed by atoms with Crippen molar-refractivity contribution in [3.63, 3.8) is 0 Å². The Bertz CT molecular complexity index is 352. The van der Waals surface area contributed by atoms with Gasteiger partial charge in [0.25, 0.3) is 0 Å². The summed E-state index contributed by atoms with van der Waals surface area (Å²) in [4.78, 5) is 8.79. The van der Waals surface area contributed by atoms with E-state index in [-0.39, 0.29) is 6.61 Å². The van der Waals surface area contributed by atoms with E-state index in [2.05, 4.69) is 9.97 Å². The minimum atomic E-state index is 0.181. The van der Waals surface area contributed by atoms with Gasteiger partial charge in [-0.2, -0.15) is 0 Å². The molecule has 0 aliphatic heterocycles. The number of nitrogens with two attached hydrogens (primary N) is 1. The van der Waals surface area contributed by atoms with E-state index in [0.29, 0.717) is 18.7 Å². The van der Waals surface area contributed by atoms with Gasteiger partial charge in [0.15, 0.2) is 0 Å². The van der Waals surface area contributed by atoms with Crippen LogP contribution in [-0.4, -0.2) is 21.7 Å². The number of nitrogens with zero attached hydrogens (tertiary/aromatic N) is 2. The third-order valence-corrected chi connectivity index (χ3v) is 2.82. The third-order valence-electron chi connectivity index (χ3n) is 2.82. The summed E-state index contributed by atoms with van der Waals surface area (Å²) in [5.74, 6) is 1.43. The van der Waals surface area contributed by atoms with Crippen LogP contribution < -0.4 is 5.73 Å². The van der Waals surface area contributed by atoms with Gasteiger partial charge in [-0.05, 0) is 32.1 Å². The highest BCUT2D eigenvalue weighted by molar-refractivity contribution is 5.43. The fraction of sp³-hybridized carbons (Fsp3) is 0.636. The largest absolute Gasteiger partial charge is 0.396 e. The van der Waals surface area contributed by atoms with Crippen LogP contribution >= 0.6 is 0 Å². The lowest BCUT2D eigenvalue weighted by Crippen LogP contribution is -2.13. The maximum absolute atomic E-state index is 8.75. The molecule has 0 aromatic carbocycles. The average molecular weight is 207 g/mol. The smallest absolute Gasteiger partial charge is 0.131 e. The maximum Gasteiger partial charge on any atom is 0.131 e. The fourth-order valence-electron chi connectivity index (χ4n) is 2.02. The molecule has 0 saturated carbocycles. The molecule has 0 radical (unpaired) electrons. The zero-order valence-electron chi connectivity index (χ0n) is 8.87. The summed E-state index contributed by atoms with van der Waals surface area (Å²) in [5.41, 5.74) is 8.17. The number of rotatable bonds is 3. The molecule has 0 amide bonds. The number of nitrogen functional groups attached to an aromatic ring is 1. The zero-order chi connectivity index (χ0) is 10.7. The van der Waals surface area contributed by atoms with Crippen molar-refractivity contribution in [2.45, 2.75) is 38.5 Å². The first-order valence-electron chi connectivity index (χ1n) is 5.56. The molecule has 1 aromatic rings. The summed E-state index contributed by atoms with van der Waals surface area (Å²) in [6, 6.07) is 0. The van der Waals surface area contributed by atoms with Crippen molar-refractivity contribution in [1.29, 1.82) is 0 Å². The highest BCUT2D eigenvalue weighted by Gasteiger charge is 2.15. The normalized spacial score (nSPS) is 15.0. The number of aliphatic hydroxyl groups excluding tert-OH is 1. The summed E-state index contributed by atoms with van der Waals surface area (Å²) >= 11 is 0. The highest BCUT2D eigenvalue weighted by Crippen LogP contribution is 2.23. The van der Waals surface area contributed by atoms with Gasteiger partial charge in [-0.15, -0.1) is 0 Å². The molecule has 15 heavy (non-hydrogen) atoms. The van der Waals surface area contributed by atoms with Crippen LogP contribution in [0.15, 0.2) is 0 Å². The van der Waals surface area contributed by atoms with Crippen LogP contribution in [0.1, 0.15) is 36.3 Å². The summed E-state index contributed by atoms with van der Waals surface area (Å²) in [6.07, 6.45) is 5.85. The Hall–Kier alpha value is -1.16. The topological polar surface area (TPSA) is 72.0 Å². The van der Waals surface area contributed by atoms with Crippen molar-refractivity contribution >= 4 is 5.82 Å². The lowest BCUT2D eigenvalue weighted by molar-refractivity contribution is 0.287. The number of anilines is 1. The molecule has 0 bridgehead atoms. The molecule has 0 saturated heterocycles. The Kier molecular flexibility index (Phi) is 3.16. The van der Waals surface area contributed by atoms with E-state index in [1.165, 1.54) is 12.8 Å². The molecule has 2 rings (SSSR count). The molecule has 3 N–H and O–H groups in total. The van der Waals surface area contributed by atoms with E-state index in [4.69, 9.17) is 10.8 Å². The van der Waals surface area contributed by atoms with E-state index < -0.39 is 0 Å². The van der Waals surface area contributed by atoms with Gasteiger partial charge in [-0.25, -0.2) is 9.97 Å². The summed E-state index contributed by atoms with van der Waals surface area (Å²) in [5, 5.41) is 8.75. The van der Waals surface area contributed by atoms with E-state index in [1.54, 1.807) is 0 Å². The quantitative estimate of drug-likeness (QED) is 0.771. The Morgan fingerprint density at radius 3 is 2.80 bits per heavy atom. The fourth-order valence-corrected chi connectivity index (χ4v) is 2.02. The van der Waals surface area contributed by atoms with E-state index >= 15 is 0 Å². The number of hydrogen-bond donors (Lipinski definition) is 2. The second kappa shape index (κ2) is 4.57. The molecule has 1 aliphatic carbocycles. The van der Waals surface area contributed by atoms with Crippen molar-refractivity contribution in [2.75, 3.05) is 12.3 Å². The van der Waals surface area contributed by atoms with Gasteiger partial charge >= 0.3 is 0 Å². The first-order valence-corrected chi connectivity index (χ1v) is 5.56. The van der Waals surface area contributed by atoms with Crippen LogP contribution in [0, 0.1) is 0 Å². The van der Waals surface area contributed by atoms with Gasteiger partial charge in [0.05, 0.1) is 0 Å². The van der Waals surface area contributed by atoms with Gasteiger partial charge in [-0.1, -0.05) is 0 Å². The number of fused-ring (bicyclic) bond motifs is 1. The SMILES string of the molecule is Nc1nc(CCCO)nc2c1CCCC2. The lowest BCUT2D eigenvalue weighted by atomic mass is 9.96. The van der Waals surface area contributed by atoms with E-state index in [1.807, 2.05) is 0 Å². The molecule has 1 aliphatic rings. The first kappa shape index (κ1) is 10.4. The number of aromatic nitrogens is 2. The van der Waals surface area contributed by atoms with Crippen molar-refractivity contribution in [3.05, 3.63) is 17.1 Å². The molecule has 4 heteroatoms. The minimum Gasteiger partial charge on any atom is -0.396 e. The molecule has 0 atom stereocenters. The van der Waals surface area contributed by atoms with E-state index in [9.17, 15) is 0 Å². The van der Waals surface area contributed by atoms with Crippen LogP contribution in [0.4, 0.5) is 5.82 Å². The standard InChI is InChI=1S/C11H17N3O/c12-11-8-4-1-2-5-9(8)13-10(14-11)6-3-7-15/h15H,1-7H2,(H2,12,13,14). The molecule has 4 nitrogen and oxygen atoms in total. The van der Waals surface area contributed by atoms with Gasteiger partial charge in [-0.3, -0.25) is 0 Å². The number of hydrogen-bond acceptors (Lipinski definition) is 4. The van der Waals surface area contributed by atoms with Crippen molar-refractivity contribution in [2.24, 2.45) is 0 Å². The first-order chi connectivity index (χ1) is 7.31. The van der Waals surface area contributed by atoms with Crippen LogP contribution in [-0.2, 0) is 19.3 Å². The summed E-state index contributed by atoms with van der Waals surface area (Å²) in [6.45, 7) is 0.181. The Balaban J connectivity index is 2.24. The van der Waals surface area contributed by atoms with E-state index in [0.717, 1.165) is 29.9 Å². The third kappa shape index (κ3) is 2.26. The predicted octanol–water partition coefficient (Wildman–Crippen LogP) is 0.862. The van der Waals surface area contributed by atoms with Crippen molar-refractivity contribution in [1.82, 2.24) is 9.97 Å². The summed E-state index contributed by atoms with van der Waals surface area (Å²) in [7, 11) is 0. The van der Waals surface area contributed by atoms with Gasteiger partial charge < -0.3 is 10.8 Å². The molecule has 1 heterocycles. The predicted molar refractivity (Wildman–Crippen MR) is 58.5 cm³/mol. The lowest BCUT2D eigenvalue weighted by Gasteiger charge is -2.16. The van der Waals surface area contributed by atoms with Crippen LogP contribution in [0.2, 0.25) is 0 Å². The van der Waals surface area contributed by atoms with Crippen LogP contribution in [0.5, 0.6) is 0 Å².